The Balaban J connectivity index is 1.55. The number of methoxy groups -OCH3 is 1. The van der Waals surface area contributed by atoms with Crippen LogP contribution < -0.4 is 0 Å². The predicted molar refractivity (Wildman–Crippen MR) is 107 cm³/mol. The molecule has 0 amide bonds. The molecule has 0 spiro atoms. The third kappa shape index (κ3) is 2.82. The highest BCUT2D eigenvalue weighted by Crippen LogP contribution is 2.65. The SMILES string of the molecule is C=C(C)[C@H]1CC[C@H]2[C@@H]3CC[C@@H]4CC(C)(O)C(COC)C[C@@H]4[C@H]3CC[C@]12C. The molecule has 4 aliphatic carbocycles. The average molecular weight is 361 g/mol. The molecule has 0 heterocycles. The molecule has 0 aromatic heterocycles. The van der Waals surface area contributed by atoms with Gasteiger partial charge in [0.1, 0.15) is 0 Å². The third-order valence-corrected chi connectivity index (χ3v) is 9.59. The van der Waals surface area contributed by atoms with Gasteiger partial charge in [0.25, 0.3) is 0 Å². The summed E-state index contributed by atoms with van der Waals surface area (Å²) < 4.78 is 5.49. The van der Waals surface area contributed by atoms with Gasteiger partial charge in [0.05, 0.1) is 12.2 Å². The zero-order valence-electron chi connectivity index (χ0n) is 17.5. The van der Waals surface area contributed by atoms with Crippen molar-refractivity contribution in [2.24, 2.45) is 46.8 Å². The van der Waals surface area contributed by atoms with Crippen LogP contribution in [0.4, 0.5) is 0 Å². The first-order valence-electron chi connectivity index (χ1n) is 11.1. The highest BCUT2D eigenvalue weighted by molar-refractivity contribution is 5.14. The van der Waals surface area contributed by atoms with Crippen LogP contribution in [0.3, 0.4) is 0 Å². The highest BCUT2D eigenvalue weighted by Gasteiger charge is 2.58. The van der Waals surface area contributed by atoms with Crippen molar-refractivity contribution in [1.29, 1.82) is 0 Å². The van der Waals surface area contributed by atoms with Crippen LogP contribution >= 0.6 is 0 Å². The Labute approximate surface area is 160 Å². The summed E-state index contributed by atoms with van der Waals surface area (Å²) in [5.41, 5.74) is 1.40. The molecular formula is C24H40O2. The third-order valence-electron chi connectivity index (χ3n) is 9.59. The molecule has 4 fully saturated rings. The van der Waals surface area contributed by atoms with E-state index in [-0.39, 0.29) is 0 Å². The number of hydrogen-bond donors (Lipinski definition) is 1. The molecule has 2 unspecified atom stereocenters. The molecule has 26 heavy (non-hydrogen) atoms. The van der Waals surface area contributed by atoms with Crippen molar-refractivity contribution in [3.63, 3.8) is 0 Å². The summed E-state index contributed by atoms with van der Waals surface area (Å²) in [4.78, 5) is 0. The van der Waals surface area contributed by atoms with Gasteiger partial charge in [-0.15, -0.1) is 0 Å². The molecule has 0 aliphatic heterocycles. The van der Waals surface area contributed by atoms with Gasteiger partial charge in [-0.3, -0.25) is 0 Å². The van der Waals surface area contributed by atoms with Crippen LogP contribution in [0, 0.1) is 46.8 Å². The van der Waals surface area contributed by atoms with E-state index in [4.69, 9.17) is 4.74 Å². The Morgan fingerprint density at radius 2 is 1.85 bits per heavy atom. The lowest BCUT2D eigenvalue weighted by Gasteiger charge is -2.58. The van der Waals surface area contributed by atoms with Gasteiger partial charge in [0, 0.05) is 13.0 Å². The Morgan fingerprint density at radius 3 is 2.54 bits per heavy atom. The van der Waals surface area contributed by atoms with Crippen molar-refractivity contribution in [2.45, 2.75) is 77.7 Å². The monoisotopic (exact) mass is 360 g/mol. The van der Waals surface area contributed by atoms with Gasteiger partial charge in [-0.25, -0.2) is 0 Å². The molecule has 0 bridgehead atoms. The largest absolute Gasteiger partial charge is 0.390 e. The maximum Gasteiger partial charge on any atom is 0.0672 e. The van der Waals surface area contributed by atoms with E-state index in [1.807, 2.05) is 0 Å². The van der Waals surface area contributed by atoms with Gasteiger partial charge in [-0.05, 0) is 106 Å². The first-order chi connectivity index (χ1) is 12.3. The second-order valence-electron chi connectivity index (χ2n) is 10.9. The van der Waals surface area contributed by atoms with E-state index in [0.29, 0.717) is 17.9 Å². The van der Waals surface area contributed by atoms with Gasteiger partial charge in [0.2, 0.25) is 0 Å². The van der Waals surface area contributed by atoms with Crippen LogP contribution in [0.25, 0.3) is 0 Å². The van der Waals surface area contributed by atoms with Crippen molar-refractivity contribution < 1.29 is 9.84 Å². The van der Waals surface area contributed by atoms with E-state index in [2.05, 4.69) is 27.4 Å². The van der Waals surface area contributed by atoms with Crippen molar-refractivity contribution in [3.8, 4) is 0 Å². The van der Waals surface area contributed by atoms with Crippen LogP contribution in [-0.2, 0) is 4.74 Å². The van der Waals surface area contributed by atoms with Gasteiger partial charge in [-0.1, -0.05) is 19.1 Å². The van der Waals surface area contributed by atoms with E-state index < -0.39 is 5.60 Å². The second-order valence-corrected chi connectivity index (χ2v) is 10.9. The van der Waals surface area contributed by atoms with E-state index in [0.717, 1.165) is 41.9 Å². The second kappa shape index (κ2) is 6.62. The minimum Gasteiger partial charge on any atom is -0.390 e. The zero-order chi connectivity index (χ0) is 18.7. The van der Waals surface area contributed by atoms with Gasteiger partial charge < -0.3 is 9.84 Å². The first kappa shape index (κ1) is 19.0. The van der Waals surface area contributed by atoms with Gasteiger partial charge in [-0.2, -0.15) is 0 Å². The molecular weight excluding hydrogens is 320 g/mol. The molecule has 2 nitrogen and oxygen atoms in total. The van der Waals surface area contributed by atoms with Crippen molar-refractivity contribution in [1.82, 2.24) is 0 Å². The summed E-state index contributed by atoms with van der Waals surface area (Å²) >= 11 is 0. The zero-order valence-corrected chi connectivity index (χ0v) is 17.5. The topological polar surface area (TPSA) is 29.5 Å². The van der Waals surface area contributed by atoms with E-state index in [1.54, 1.807) is 7.11 Å². The molecule has 0 aromatic carbocycles. The quantitative estimate of drug-likeness (QED) is 0.678. The van der Waals surface area contributed by atoms with Crippen LogP contribution in [-0.4, -0.2) is 24.4 Å². The number of allylic oxidation sites excluding steroid dienone is 1. The van der Waals surface area contributed by atoms with Crippen molar-refractivity contribution >= 4 is 0 Å². The number of hydrogen-bond acceptors (Lipinski definition) is 2. The normalized spacial score (nSPS) is 53.5. The summed E-state index contributed by atoms with van der Waals surface area (Å²) in [7, 11) is 1.79. The lowest BCUT2D eigenvalue weighted by molar-refractivity contribution is -0.137. The minimum absolute atomic E-state index is 0.313. The Kier molecular flexibility index (Phi) is 4.84. The fourth-order valence-corrected chi connectivity index (χ4v) is 8.39. The van der Waals surface area contributed by atoms with Gasteiger partial charge >= 0.3 is 0 Å². The molecule has 4 saturated carbocycles. The summed E-state index contributed by atoms with van der Waals surface area (Å²) in [6, 6.07) is 0. The number of fused-ring (bicyclic) bond motifs is 5. The van der Waals surface area contributed by atoms with Crippen molar-refractivity contribution in [2.75, 3.05) is 13.7 Å². The molecule has 1 N–H and O–H groups in total. The van der Waals surface area contributed by atoms with E-state index in [1.165, 1.54) is 50.5 Å². The number of aliphatic hydroxyl groups is 1. The van der Waals surface area contributed by atoms with E-state index >= 15 is 0 Å². The maximum absolute atomic E-state index is 11.0. The first-order valence-corrected chi connectivity index (χ1v) is 11.1. The Bertz CT molecular complexity index is 552. The molecule has 9 atom stereocenters. The number of ether oxygens (including phenoxy) is 1. The van der Waals surface area contributed by atoms with Crippen LogP contribution in [0.5, 0.6) is 0 Å². The minimum atomic E-state index is -0.536. The van der Waals surface area contributed by atoms with Crippen molar-refractivity contribution in [3.05, 3.63) is 12.2 Å². The highest BCUT2D eigenvalue weighted by atomic mass is 16.5. The Hall–Kier alpha value is -0.340. The summed E-state index contributed by atoms with van der Waals surface area (Å²) in [5.74, 6) is 5.35. The van der Waals surface area contributed by atoms with Crippen LogP contribution in [0.15, 0.2) is 12.2 Å². The molecule has 2 heteroatoms. The maximum atomic E-state index is 11.0. The molecule has 4 aliphatic rings. The molecule has 0 aromatic rings. The lowest BCUT2D eigenvalue weighted by atomic mass is 9.48. The summed E-state index contributed by atoms with van der Waals surface area (Å²) in [5, 5.41) is 11.0. The van der Waals surface area contributed by atoms with E-state index in [9.17, 15) is 5.11 Å². The molecule has 148 valence electrons. The lowest BCUT2D eigenvalue weighted by Crippen LogP contribution is -2.53. The smallest absolute Gasteiger partial charge is 0.0672 e. The van der Waals surface area contributed by atoms with Crippen LogP contribution in [0.2, 0.25) is 0 Å². The molecule has 0 saturated heterocycles. The fraction of sp³-hybridized carbons (Fsp3) is 0.917. The average Bonchev–Trinajstić information content (AvgIpc) is 2.92. The standard InChI is InChI=1S/C24H40O2/c1-15(2)21-8-9-22-19-7-6-16-13-24(4,25)17(14-26-5)12-20(16)18(19)10-11-23(21,22)3/h16-22,25H,1,6-14H2,2-5H3/t16-,17?,18+,19-,20+,21-,22+,23-,24?/m1/s1. The summed E-state index contributed by atoms with van der Waals surface area (Å²) in [6.45, 7) is 12.0. The fourth-order valence-electron chi connectivity index (χ4n) is 8.39. The molecule has 4 rings (SSSR count). The molecule has 0 radical (unpaired) electrons. The van der Waals surface area contributed by atoms with Crippen LogP contribution in [0.1, 0.15) is 72.1 Å². The summed E-state index contributed by atoms with van der Waals surface area (Å²) in [6.07, 6.45) is 10.5. The predicted octanol–water partition coefficient (Wildman–Crippen LogP) is 5.45. The Morgan fingerprint density at radius 1 is 1.08 bits per heavy atom. The number of rotatable bonds is 3. The van der Waals surface area contributed by atoms with Gasteiger partial charge in [0.15, 0.2) is 0 Å².